The van der Waals surface area contributed by atoms with E-state index in [0.717, 1.165) is 45.5 Å². The van der Waals surface area contributed by atoms with Gasteiger partial charge in [0, 0.05) is 0 Å². The van der Waals surface area contributed by atoms with Crippen LogP contribution in [0, 0.1) is 6.92 Å². The van der Waals surface area contributed by atoms with Gasteiger partial charge in [0.05, 0.1) is 35.6 Å². The first-order chi connectivity index (χ1) is 15.7. The van der Waals surface area contributed by atoms with Crippen LogP contribution in [0.15, 0.2) is 64.6 Å². The summed E-state index contributed by atoms with van der Waals surface area (Å²) in [6.07, 6.45) is 0. The summed E-state index contributed by atoms with van der Waals surface area (Å²) in [5.41, 5.74) is 8.91. The molecule has 0 aliphatic rings. The number of hydrogen-bond donors (Lipinski definition) is 0. The van der Waals surface area contributed by atoms with Gasteiger partial charge in [0.1, 0.15) is 11.4 Å². The predicted molar refractivity (Wildman–Crippen MR) is 140 cm³/mol. The lowest BCUT2D eigenvalue weighted by molar-refractivity contribution is 0.416. The van der Waals surface area contributed by atoms with Gasteiger partial charge in [0.25, 0.3) is 0 Å². The molecule has 1 heterocycles. The van der Waals surface area contributed by atoms with Crippen LogP contribution in [0.2, 0.25) is 0 Å². The average molecular weight is 442 g/mol. The summed E-state index contributed by atoms with van der Waals surface area (Å²) in [6, 6.07) is 18.4. The van der Waals surface area contributed by atoms with Crippen LogP contribution in [-0.4, -0.2) is 23.5 Å². The first kappa shape index (κ1) is 24.4. The van der Waals surface area contributed by atoms with Crippen molar-refractivity contribution in [3.63, 3.8) is 0 Å². The number of aryl methyl sites for hydroxylation is 1. The molecule has 0 spiro atoms. The van der Waals surface area contributed by atoms with Gasteiger partial charge in [-0.15, -0.1) is 0 Å². The highest BCUT2D eigenvalue weighted by atomic mass is 16.5. The third-order valence-corrected chi connectivity index (χ3v) is 5.81. The maximum absolute atomic E-state index is 5.51. The number of aromatic nitrogens is 1. The number of benzene rings is 2. The van der Waals surface area contributed by atoms with E-state index < -0.39 is 0 Å². The second kappa shape index (κ2) is 10.6. The fraction of sp³-hybridized carbons (Fsp3) is 0.345. The molecule has 4 heteroatoms. The summed E-state index contributed by atoms with van der Waals surface area (Å²) in [5, 5.41) is 0. The van der Waals surface area contributed by atoms with Gasteiger partial charge in [-0.05, 0) is 67.5 Å². The van der Waals surface area contributed by atoms with E-state index in [1.807, 2.05) is 57.2 Å². The van der Waals surface area contributed by atoms with Crippen LogP contribution in [0.4, 0.5) is 11.4 Å². The lowest BCUT2D eigenvalue weighted by atomic mass is 9.93. The van der Waals surface area contributed by atoms with E-state index in [-0.39, 0.29) is 0 Å². The van der Waals surface area contributed by atoms with Crippen molar-refractivity contribution in [1.29, 1.82) is 0 Å². The molecule has 0 amide bonds. The summed E-state index contributed by atoms with van der Waals surface area (Å²) < 4.78 is 5.51. The van der Waals surface area contributed by atoms with Gasteiger partial charge in [-0.2, -0.15) is 0 Å². The lowest BCUT2D eigenvalue weighted by Crippen LogP contribution is -2.06. The molecule has 1 aromatic heterocycles. The quantitative estimate of drug-likeness (QED) is 0.349. The molecular formula is C29H35N3O. The number of ether oxygens (including phenoxy) is 1. The zero-order valence-electron chi connectivity index (χ0n) is 21.1. The van der Waals surface area contributed by atoms with Crippen molar-refractivity contribution >= 4 is 22.8 Å². The van der Waals surface area contributed by atoms with E-state index in [9.17, 15) is 0 Å². The molecule has 33 heavy (non-hydrogen) atoms. The third kappa shape index (κ3) is 5.57. The lowest BCUT2D eigenvalue weighted by Gasteiger charge is -2.17. The van der Waals surface area contributed by atoms with E-state index in [1.165, 1.54) is 11.1 Å². The molecule has 2 aromatic carbocycles. The first-order valence-electron chi connectivity index (χ1n) is 11.6. The normalized spacial score (nSPS) is 12.5. The van der Waals surface area contributed by atoms with Crippen molar-refractivity contribution in [3.05, 3.63) is 82.7 Å². The Morgan fingerprint density at radius 3 is 1.73 bits per heavy atom. The largest absolute Gasteiger partial charge is 0.494 e. The first-order valence-corrected chi connectivity index (χ1v) is 11.6. The van der Waals surface area contributed by atoms with Gasteiger partial charge in [-0.3, -0.25) is 4.99 Å². The Bertz CT molecular complexity index is 1160. The predicted octanol–water partition coefficient (Wildman–Crippen LogP) is 7.93. The smallest absolute Gasteiger partial charge is 0.144 e. The van der Waals surface area contributed by atoms with Crippen LogP contribution in [0.3, 0.4) is 0 Å². The SMILES string of the molecule is COc1cccc(C)c1N=C(C)c1cccc(C(C)=Nc2c(C(C)C)cccc2C(C)C)n1. The highest BCUT2D eigenvalue weighted by molar-refractivity contribution is 6.02. The summed E-state index contributed by atoms with van der Waals surface area (Å²) in [7, 11) is 1.67. The molecule has 3 rings (SSSR count). The van der Waals surface area contributed by atoms with Crippen molar-refractivity contribution in [2.75, 3.05) is 7.11 Å². The molecule has 0 aliphatic carbocycles. The number of nitrogens with zero attached hydrogens (tertiary/aromatic N) is 3. The fourth-order valence-corrected chi connectivity index (χ4v) is 3.87. The van der Waals surface area contributed by atoms with Crippen LogP contribution in [0.25, 0.3) is 0 Å². The molecule has 4 nitrogen and oxygen atoms in total. The molecule has 0 fully saturated rings. The van der Waals surface area contributed by atoms with Gasteiger partial charge in [-0.25, -0.2) is 9.98 Å². The molecule has 0 radical (unpaired) electrons. The van der Waals surface area contributed by atoms with Gasteiger partial charge in [-0.1, -0.05) is 64.1 Å². The Morgan fingerprint density at radius 2 is 1.21 bits per heavy atom. The second-order valence-electron chi connectivity index (χ2n) is 9.02. The fourth-order valence-electron chi connectivity index (χ4n) is 3.87. The monoisotopic (exact) mass is 441 g/mol. The van der Waals surface area contributed by atoms with Gasteiger partial charge < -0.3 is 4.74 Å². The van der Waals surface area contributed by atoms with E-state index in [1.54, 1.807) is 7.11 Å². The maximum atomic E-state index is 5.51. The topological polar surface area (TPSA) is 46.8 Å². The minimum atomic E-state index is 0.396. The minimum absolute atomic E-state index is 0.396. The Balaban J connectivity index is 2.04. The van der Waals surface area contributed by atoms with E-state index >= 15 is 0 Å². The second-order valence-corrected chi connectivity index (χ2v) is 9.02. The zero-order chi connectivity index (χ0) is 24.1. The molecule has 0 saturated heterocycles. The van der Waals surface area contributed by atoms with Crippen LogP contribution in [0.5, 0.6) is 5.75 Å². The molecule has 0 saturated carbocycles. The van der Waals surface area contributed by atoms with Crippen molar-refractivity contribution in [2.45, 2.75) is 60.3 Å². The number of pyridine rings is 1. The number of aliphatic imine (C=N–C) groups is 2. The highest BCUT2D eigenvalue weighted by Gasteiger charge is 2.14. The molecule has 0 unspecified atom stereocenters. The minimum Gasteiger partial charge on any atom is -0.494 e. The molecule has 0 N–H and O–H groups in total. The molecule has 0 atom stereocenters. The van der Waals surface area contributed by atoms with Crippen molar-refractivity contribution in [3.8, 4) is 5.75 Å². The highest BCUT2D eigenvalue weighted by Crippen LogP contribution is 2.35. The third-order valence-electron chi connectivity index (χ3n) is 5.81. The molecular weight excluding hydrogens is 406 g/mol. The summed E-state index contributed by atoms with van der Waals surface area (Å²) in [5.74, 6) is 1.55. The molecule has 3 aromatic rings. The summed E-state index contributed by atoms with van der Waals surface area (Å²) >= 11 is 0. The summed E-state index contributed by atoms with van der Waals surface area (Å²) in [6.45, 7) is 14.9. The van der Waals surface area contributed by atoms with Crippen molar-refractivity contribution in [2.24, 2.45) is 9.98 Å². The van der Waals surface area contributed by atoms with E-state index in [4.69, 9.17) is 19.7 Å². The van der Waals surface area contributed by atoms with Crippen LogP contribution >= 0.6 is 0 Å². The van der Waals surface area contributed by atoms with E-state index in [0.29, 0.717) is 11.8 Å². The Kier molecular flexibility index (Phi) is 7.80. The number of rotatable bonds is 7. The summed E-state index contributed by atoms with van der Waals surface area (Å²) in [4.78, 5) is 14.8. The average Bonchev–Trinajstić information content (AvgIpc) is 2.80. The van der Waals surface area contributed by atoms with Crippen molar-refractivity contribution in [1.82, 2.24) is 4.98 Å². The van der Waals surface area contributed by atoms with Crippen LogP contribution in [-0.2, 0) is 0 Å². The number of methoxy groups -OCH3 is 1. The Labute approximate surface area is 198 Å². The molecule has 0 bridgehead atoms. The Morgan fingerprint density at radius 1 is 0.727 bits per heavy atom. The van der Waals surface area contributed by atoms with Gasteiger partial charge in [0.2, 0.25) is 0 Å². The van der Waals surface area contributed by atoms with Gasteiger partial charge in [0.15, 0.2) is 0 Å². The Hall–Kier alpha value is -3.27. The zero-order valence-corrected chi connectivity index (χ0v) is 21.1. The number of hydrogen-bond acceptors (Lipinski definition) is 4. The molecule has 0 aliphatic heterocycles. The van der Waals surface area contributed by atoms with Crippen LogP contribution < -0.4 is 4.74 Å². The number of para-hydroxylation sites is 2. The van der Waals surface area contributed by atoms with Crippen LogP contribution in [0.1, 0.15) is 81.5 Å². The van der Waals surface area contributed by atoms with Gasteiger partial charge >= 0.3 is 0 Å². The van der Waals surface area contributed by atoms with Crippen molar-refractivity contribution < 1.29 is 4.74 Å². The van der Waals surface area contributed by atoms with E-state index in [2.05, 4.69) is 45.9 Å². The molecule has 172 valence electrons. The maximum Gasteiger partial charge on any atom is 0.144 e. The standard InChI is InChI=1S/C29H35N3O/c1-18(2)23-13-10-14-24(19(3)4)29(23)31-22(7)26-16-11-15-25(32-26)21(6)30-28-20(5)12-9-17-27(28)33-8/h9-19H,1-8H3.